The molecule has 0 radical (unpaired) electrons. The maximum atomic E-state index is 8.36. The number of aliphatic hydroxyl groups is 1. The molecule has 0 heterocycles. The molecule has 14 heavy (non-hydrogen) atoms. The lowest BCUT2D eigenvalue weighted by molar-refractivity contribution is -0.122. The molecule has 0 aliphatic rings. The fraction of sp³-hybridized carbons (Fsp3) is 0.909. The van der Waals surface area contributed by atoms with E-state index in [0.29, 0.717) is 0 Å². The molecule has 3 heteroatoms. The highest BCUT2D eigenvalue weighted by atomic mass is 16.3. The van der Waals surface area contributed by atoms with Crippen molar-refractivity contribution >= 4 is 6.47 Å². The maximum Gasteiger partial charge on any atom is 0.290 e. The van der Waals surface area contributed by atoms with Crippen LogP contribution in [0.4, 0.5) is 0 Å². The van der Waals surface area contributed by atoms with Crippen LogP contribution in [0.15, 0.2) is 0 Å². The second kappa shape index (κ2) is 22.9. The van der Waals surface area contributed by atoms with Crippen molar-refractivity contribution in [2.45, 2.75) is 65.9 Å². The summed E-state index contributed by atoms with van der Waals surface area (Å²) in [4.78, 5) is 8.36. The van der Waals surface area contributed by atoms with Gasteiger partial charge in [0, 0.05) is 6.10 Å². The molecule has 0 aromatic rings. The number of hydrogen-bond acceptors (Lipinski definition) is 2. The summed E-state index contributed by atoms with van der Waals surface area (Å²) >= 11 is 0. The summed E-state index contributed by atoms with van der Waals surface area (Å²) in [6.07, 6.45) is 6.84. The Morgan fingerprint density at radius 2 is 1.29 bits per heavy atom. The van der Waals surface area contributed by atoms with Gasteiger partial charge in [0.15, 0.2) is 0 Å². The van der Waals surface area contributed by atoms with E-state index in [4.69, 9.17) is 15.0 Å². The summed E-state index contributed by atoms with van der Waals surface area (Å²) in [5.74, 6) is 0. The first-order chi connectivity index (χ1) is 6.56. The highest BCUT2D eigenvalue weighted by Crippen LogP contribution is 2.00. The van der Waals surface area contributed by atoms with Crippen LogP contribution < -0.4 is 0 Å². The zero-order chi connectivity index (χ0) is 11.8. The van der Waals surface area contributed by atoms with E-state index >= 15 is 0 Å². The molecule has 0 amide bonds. The standard InChI is InChI=1S/C7H16.C3H8O.CH2O2/c1-3-5-7-6-4-2;1-3(2)4;2-1-3/h3-7H2,1-2H3;3-4H,1-2H3;1H,(H,2,3). The van der Waals surface area contributed by atoms with Gasteiger partial charge in [0.2, 0.25) is 0 Å². The summed E-state index contributed by atoms with van der Waals surface area (Å²) in [5, 5.41) is 14.9. The molecular weight excluding hydrogens is 180 g/mol. The van der Waals surface area contributed by atoms with E-state index < -0.39 is 0 Å². The topological polar surface area (TPSA) is 57.5 Å². The largest absolute Gasteiger partial charge is 0.483 e. The van der Waals surface area contributed by atoms with Crippen LogP contribution in [0.25, 0.3) is 0 Å². The fourth-order valence-corrected chi connectivity index (χ4v) is 0.677. The van der Waals surface area contributed by atoms with Crippen molar-refractivity contribution in [2.24, 2.45) is 0 Å². The van der Waals surface area contributed by atoms with Crippen molar-refractivity contribution < 1.29 is 15.0 Å². The Bertz CT molecular complexity index is 75.8. The van der Waals surface area contributed by atoms with Crippen molar-refractivity contribution in [1.29, 1.82) is 0 Å². The van der Waals surface area contributed by atoms with Crippen molar-refractivity contribution in [3.05, 3.63) is 0 Å². The monoisotopic (exact) mass is 206 g/mol. The van der Waals surface area contributed by atoms with Gasteiger partial charge in [-0.3, -0.25) is 4.79 Å². The average Bonchev–Trinajstić information content (AvgIpc) is 2.06. The lowest BCUT2D eigenvalue weighted by atomic mass is 10.2. The molecule has 0 bridgehead atoms. The molecule has 0 saturated carbocycles. The number of carbonyl (C=O) groups is 1. The molecule has 0 rings (SSSR count). The van der Waals surface area contributed by atoms with Crippen molar-refractivity contribution in [1.82, 2.24) is 0 Å². The van der Waals surface area contributed by atoms with Gasteiger partial charge in [0.05, 0.1) is 0 Å². The van der Waals surface area contributed by atoms with E-state index in [-0.39, 0.29) is 12.6 Å². The first-order valence-corrected chi connectivity index (χ1v) is 5.32. The minimum absolute atomic E-state index is 0.167. The average molecular weight is 206 g/mol. The Labute approximate surface area is 88.2 Å². The second-order valence-electron chi connectivity index (χ2n) is 3.26. The summed E-state index contributed by atoms with van der Waals surface area (Å²) in [6, 6.07) is 0. The van der Waals surface area contributed by atoms with Gasteiger partial charge >= 0.3 is 0 Å². The Morgan fingerprint density at radius 3 is 1.43 bits per heavy atom. The van der Waals surface area contributed by atoms with Crippen LogP contribution in [-0.2, 0) is 4.79 Å². The van der Waals surface area contributed by atoms with Gasteiger partial charge in [0.1, 0.15) is 0 Å². The molecule has 0 aliphatic carbocycles. The predicted octanol–water partition coefficient (Wildman–Crippen LogP) is 3.06. The van der Waals surface area contributed by atoms with Crippen LogP contribution in [0.5, 0.6) is 0 Å². The highest BCUT2D eigenvalue weighted by molar-refractivity contribution is 5.32. The Morgan fingerprint density at radius 1 is 1.07 bits per heavy atom. The van der Waals surface area contributed by atoms with Gasteiger partial charge in [-0.1, -0.05) is 46.0 Å². The third kappa shape index (κ3) is 106. The smallest absolute Gasteiger partial charge is 0.290 e. The van der Waals surface area contributed by atoms with Crippen molar-refractivity contribution in [2.75, 3.05) is 0 Å². The molecule has 0 fully saturated rings. The van der Waals surface area contributed by atoms with E-state index in [1.165, 1.54) is 32.1 Å². The molecule has 0 spiro atoms. The first kappa shape index (κ1) is 19.1. The molecule has 0 atom stereocenters. The van der Waals surface area contributed by atoms with Gasteiger partial charge in [-0.15, -0.1) is 0 Å². The van der Waals surface area contributed by atoms with Gasteiger partial charge in [-0.25, -0.2) is 0 Å². The molecule has 88 valence electrons. The van der Waals surface area contributed by atoms with Gasteiger partial charge in [-0.2, -0.15) is 0 Å². The zero-order valence-electron chi connectivity index (χ0n) is 9.99. The van der Waals surface area contributed by atoms with Crippen molar-refractivity contribution in [3.63, 3.8) is 0 Å². The molecule has 0 aromatic carbocycles. The molecule has 2 N–H and O–H groups in total. The summed E-state index contributed by atoms with van der Waals surface area (Å²) in [7, 11) is 0. The zero-order valence-corrected chi connectivity index (χ0v) is 9.99. The van der Waals surface area contributed by atoms with Crippen LogP contribution in [0, 0.1) is 0 Å². The molecule has 0 unspecified atom stereocenters. The van der Waals surface area contributed by atoms with E-state index in [2.05, 4.69) is 13.8 Å². The molecule has 0 aromatic heterocycles. The number of rotatable bonds is 4. The first-order valence-electron chi connectivity index (χ1n) is 5.32. The summed E-state index contributed by atoms with van der Waals surface area (Å²) in [5.41, 5.74) is 0. The lowest BCUT2D eigenvalue weighted by Gasteiger charge is -1.90. The second-order valence-corrected chi connectivity index (χ2v) is 3.26. The Balaban J connectivity index is -0.000000147. The Kier molecular flexibility index (Phi) is 31.1. The number of carboxylic acid groups (broad SMARTS) is 1. The van der Waals surface area contributed by atoms with E-state index in [0.717, 1.165) is 0 Å². The number of hydrogen-bond donors (Lipinski definition) is 2. The van der Waals surface area contributed by atoms with Gasteiger partial charge in [-0.05, 0) is 13.8 Å². The molecule has 3 nitrogen and oxygen atoms in total. The minimum Gasteiger partial charge on any atom is -0.483 e. The predicted molar refractivity (Wildman–Crippen MR) is 60.5 cm³/mol. The highest BCUT2D eigenvalue weighted by Gasteiger charge is 1.80. The van der Waals surface area contributed by atoms with E-state index in [1.54, 1.807) is 13.8 Å². The summed E-state index contributed by atoms with van der Waals surface area (Å²) < 4.78 is 0. The fourth-order valence-electron chi connectivity index (χ4n) is 0.677. The van der Waals surface area contributed by atoms with Crippen LogP contribution >= 0.6 is 0 Å². The SMILES string of the molecule is CC(C)O.CCCCCCC.O=CO. The lowest BCUT2D eigenvalue weighted by Crippen LogP contribution is -1.85. The van der Waals surface area contributed by atoms with Crippen molar-refractivity contribution in [3.8, 4) is 0 Å². The van der Waals surface area contributed by atoms with Crippen LogP contribution in [-0.4, -0.2) is 22.8 Å². The number of unbranched alkanes of at least 4 members (excludes halogenated alkanes) is 4. The maximum absolute atomic E-state index is 8.36. The third-order valence-electron chi connectivity index (χ3n) is 1.21. The molecular formula is C11H26O3. The quantitative estimate of drug-likeness (QED) is 0.549. The normalized spacial score (nSPS) is 8.14. The van der Waals surface area contributed by atoms with Gasteiger partial charge < -0.3 is 10.2 Å². The van der Waals surface area contributed by atoms with E-state index in [9.17, 15) is 0 Å². The summed E-state index contributed by atoms with van der Waals surface area (Å²) in [6.45, 7) is 7.69. The van der Waals surface area contributed by atoms with Crippen LogP contribution in [0.1, 0.15) is 59.8 Å². The Hall–Kier alpha value is -0.570. The van der Waals surface area contributed by atoms with Crippen LogP contribution in [0.2, 0.25) is 0 Å². The molecule has 0 aliphatic heterocycles. The number of aliphatic hydroxyl groups excluding tert-OH is 1. The van der Waals surface area contributed by atoms with Crippen LogP contribution in [0.3, 0.4) is 0 Å². The van der Waals surface area contributed by atoms with Gasteiger partial charge in [0.25, 0.3) is 6.47 Å². The van der Waals surface area contributed by atoms with E-state index in [1.807, 2.05) is 0 Å². The third-order valence-corrected chi connectivity index (χ3v) is 1.21. The minimum atomic E-state index is -0.250. The molecule has 0 saturated heterocycles.